The van der Waals surface area contributed by atoms with Gasteiger partial charge in [-0.1, -0.05) is 24.3 Å². The third kappa shape index (κ3) is 5.54. The van der Waals surface area contributed by atoms with E-state index in [0.717, 1.165) is 16.7 Å². The van der Waals surface area contributed by atoms with Crippen molar-refractivity contribution >= 4 is 6.03 Å². The lowest BCUT2D eigenvalue weighted by atomic mass is 10.1. The molecule has 0 aliphatic rings. The second kappa shape index (κ2) is 8.79. The first-order valence-corrected chi connectivity index (χ1v) is 7.34. The first-order valence-electron chi connectivity index (χ1n) is 7.34. The number of pyridine rings is 1. The SMILES string of the molecule is CCOCc1ccc(CNC(=O)NCc2ccncc2)cc1. The highest BCUT2D eigenvalue weighted by atomic mass is 16.5. The standard InChI is InChI=1S/C17H21N3O2/c1-2-22-13-16-5-3-14(4-6-16)11-19-17(21)20-12-15-7-9-18-10-8-15/h3-10H,2,11-13H2,1H3,(H2,19,20,21). The summed E-state index contributed by atoms with van der Waals surface area (Å²) >= 11 is 0. The highest BCUT2D eigenvalue weighted by Crippen LogP contribution is 2.05. The fraction of sp³-hybridized carbons (Fsp3) is 0.294. The van der Waals surface area contributed by atoms with Crippen LogP contribution in [0.25, 0.3) is 0 Å². The fourth-order valence-electron chi connectivity index (χ4n) is 1.90. The van der Waals surface area contributed by atoms with Crippen LogP contribution < -0.4 is 10.6 Å². The predicted octanol–water partition coefficient (Wildman–Crippen LogP) is 2.62. The van der Waals surface area contributed by atoms with Gasteiger partial charge in [-0.15, -0.1) is 0 Å². The molecule has 1 heterocycles. The van der Waals surface area contributed by atoms with Gasteiger partial charge in [-0.3, -0.25) is 4.98 Å². The van der Waals surface area contributed by atoms with Gasteiger partial charge in [0.2, 0.25) is 0 Å². The Balaban J connectivity index is 1.71. The Labute approximate surface area is 130 Å². The van der Waals surface area contributed by atoms with E-state index in [0.29, 0.717) is 26.3 Å². The minimum atomic E-state index is -0.185. The van der Waals surface area contributed by atoms with Crippen LogP contribution in [0.4, 0.5) is 4.79 Å². The number of amides is 2. The average Bonchev–Trinajstić information content (AvgIpc) is 2.58. The molecule has 22 heavy (non-hydrogen) atoms. The molecule has 1 aromatic heterocycles. The van der Waals surface area contributed by atoms with Gasteiger partial charge in [-0.2, -0.15) is 0 Å². The van der Waals surface area contributed by atoms with E-state index in [1.165, 1.54) is 0 Å². The number of nitrogens with one attached hydrogen (secondary N) is 2. The number of carbonyl (C=O) groups is 1. The van der Waals surface area contributed by atoms with Crippen LogP contribution in [-0.2, 0) is 24.4 Å². The largest absolute Gasteiger partial charge is 0.377 e. The van der Waals surface area contributed by atoms with Gasteiger partial charge in [0, 0.05) is 32.1 Å². The van der Waals surface area contributed by atoms with E-state index in [-0.39, 0.29) is 6.03 Å². The Bertz CT molecular complexity index is 570. The number of carbonyl (C=O) groups excluding carboxylic acids is 1. The smallest absolute Gasteiger partial charge is 0.315 e. The summed E-state index contributed by atoms with van der Waals surface area (Å²) in [7, 11) is 0. The molecule has 0 radical (unpaired) electrons. The average molecular weight is 299 g/mol. The van der Waals surface area contributed by atoms with Gasteiger partial charge >= 0.3 is 6.03 Å². The van der Waals surface area contributed by atoms with Gasteiger partial charge in [-0.05, 0) is 35.7 Å². The van der Waals surface area contributed by atoms with Gasteiger partial charge in [0.15, 0.2) is 0 Å². The van der Waals surface area contributed by atoms with E-state index in [4.69, 9.17) is 4.74 Å². The maximum Gasteiger partial charge on any atom is 0.315 e. The Morgan fingerprint density at radius 1 is 0.955 bits per heavy atom. The van der Waals surface area contributed by atoms with E-state index < -0.39 is 0 Å². The summed E-state index contributed by atoms with van der Waals surface area (Å²) in [4.78, 5) is 15.7. The third-order valence-electron chi connectivity index (χ3n) is 3.15. The molecule has 116 valence electrons. The van der Waals surface area contributed by atoms with E-state index >= 15 is 0 Å². The number of rotatable bonds is 7. The second-order valence-electron chi connectivity index (χ2n) is 4.85. The molecule has 2 amide bonds. The molecule has 0 aliphatic heterocycles. The Hall–Kier alpha value is -2.40. The number of benzene rings is 1. The molecule has 0 unspecified atom stereocenters. The molecule has 2 aromatic rings. The molecule has 0 atom stereocenters. The van der Waals surface area contributed by atoms with Crippen LogP contribution in [0, 0.1) is 0 Å². The number of ether oxygens (including phenoxy) is 1. The Morgan fingerprint density at radius 3 is 2.09 bits per heavy atom. The van der Waals surface area contributed by atoms with Crippen LogP contribution in [0.3, 0.4) is 0 Å². The zero-order chi connectivity index (χ0) is 15.6. The summed E-state index contributed by atoms with van der Waals surface area (Å²) in [5, 5.41) is 5.65. The van der Waals surface area contributed by atoms with Crippen LogP contribution in [0.1, 0.15) is 23.6 Å². The van der Waals surface area contributed by atoms with Crippen molar-refractivity contribution in [3.63, 3.8) is 0 Å². The molecule has 2 rings (SSSR count). The number of aromatic nitrogens is 1. The minimum Gasteiger partial charge on any atom is -0.377 e. The molecule has 0 saturated carbocycles. The molecular weight excluding hydrogens is 278 g/mol. The summed E-state index contributed by atoms with van der Waals surface area (Å²) in [5.41, 5.74) is 3.21. The van der Waals surface area contributed by atoms with Crippen LogP contribution in [-0.4, -0.2) is 17.6 Å². The normalized spacial score (nSPS) is 10.2. The highest BCUT2D eigenvalue weighted by molar-refractivity contribution is 5.73. The lowest BCUT2D eigenvalue weighted by Crippen LogP contribution is -2.34. The van der Waals surface area contributed by atoms with Crippen molar-refractivity contribution in [3.05, 3.63) is 65.5 Å². The van der Waals surface area contributed by atoms with Crippen LogP contribution >= 0.6 is 0 Å². The molecule has 0 bridgehead atoms. The maximum absolute atomic E-state index is 11.7. The minimum absolute atomic E-state index is 0.185. The zero-order valence-electron chi connectivity index (χ0n) is 12.7. The summed E-state index contributed by atoms with van der Waals surface area (Å²) in [6, 6.07) is 11.6. The molecule has 0 saturated heterocycles. The highest BCUT2D eigenvalue weighted by Gasteiger charge is 2.01. The van der Waals surface area contributed by atoms with Gasteiger partial charge < -0.3 is 15.4 Å². The van der Waals surface area contributed by atoms with Crippen molar-refractivity contribution in [3.8, 4) is 0 Å². The van der Waals surface area contributed by atoms with Gasteiger partial charge in [0.05, 0.1) is 6.61 Å². The van der Waals surface area contributed by atoms with E-state index in [2.05, 4.69) is 15.6 Å². The summed E-state index contributed by atoms with van der Waals surface area (Å²) in [6.45, 7) is 4.29. The van der Waals surface area contributed by atoms with Crippen molar-refractivity contribution in [2.45, 2.75) is 26.6 Å². The van der Waals surface area contributed by atoms with E-state index in [1.54, 1.807) is 12.4 Å². The maximum atomic E-state index is 11.7. The van der Waals surface area contributed by atoms with E-state index in [9.17, 15) is 4.79 Å². The Kier molecular flexibility index (Phi) is 6.39. The van der Waals surface area contributed by atoms with Crippen LogP contribution in [0.5, 0.6) is 0 Å². The summed E-state index contributed by atoms with van der Waals surface area (Å²) in [6.07, 6.45) is 3.41. The van der Waals surface area contributed by atoms with Crippen LogP contribution in [0.2, 0.25) is 0 Å². The zero-order valence-corrected chi connectivity index (χ0v) is 12.7. The number of nitrogens with zero attached hydrogens (tertiary/aromatic N) is 1. The molecule has 0 spiro atoms. The number of urea groups is 1. The topological polar surface area (TPSA) is 63.2 Å². The molecule has 5 heteroatoms. The second-order valence-corrected chi connectivity index (χ2v) is 4.85. The van der Waals surface area contributed by atoms with Gasteiger partial charge in [-0.25, -0.2) is 4.79 Å². The Morgan fingerprint density at radius 2 is 1.50 bits per heavy atom. The molecule has 5 nitrogen and oxygen atoms in total. The van der Waals surface area contributed by atoms with Gasteiger partial charge in [0.25, 0.3) is 0 Å². The van der Waals surface area contributed by atoms with Crippen LogP contribution in [0.15, 0.2) is 48.8 Å². The molecular formula is C17H21N3O2. The molecule has 0 aliphatic carbocycles. The third-order valence-corrected chi connectivity index (χ3v) is 3.15. The van der Waals surface area contributed by atoms with Crippen molar-refractivity contribution in [2.75, 3.05) is 6.61 Å². The first kappa shape index (κ1) is 16.0. The molecule has 1 aromatic carbocycles. The van der Waals surface area contributed by atoms with Crippen molar-refractivity contribution in [1.29, 1.82) is 0 Å². The number of hydrogen-bond acceptors (Lipinski definition) is 3. The predicted molar refractivity (Wildman–Crippen MR) is 85.1 cm³/mol. The van der Waals surface area contributed by atoms with Crippen molar-refractivity contribution < 1.29 is 9.53 Å². The molecule has 2 N–H and O–H groups in total. The van der Waals surface area contributed by atoms with Gasteiger partial charge in [0.1, 0.15) is 0 Å². The summed E-state index contributed by atoms with van der Waals surface area (Å²) in [5.74, 6) is 0. The molecule has 0 fully saturated rings. The first-order chi connectivity index (χ1) is 10.8. The summed E-state index contributed by atoms with van der Waals surface area (Å²) < 4.78 is 5.35. The fourth-order valence-corrected chi connectivity index (χ4v) is 1.90. The van der Waals surface area contributed by atoms with Crippen molar-refractivity contribution in [2.24, 2.45) is 0 Å². The quantitative estimate of drug-likeness (QED) is 0.826. The number of hydrogen-bond donors (Lipinski definition) is 2. The monoisotopic (exact) mass is 299 g/mol. The van der Waals surface area contributed by atoms with E-state index in [1.807, 2.05) is 43.3 Å². The van der Waals surface area contributed by atoms with Crippen molar-refractivity contribution in [1.82, 2.24) is 15.6 Å². The lowest BCUT2D eigenvalue weighted by Gasteiger charge is -2.08. The lowest BCUT2D eigenvalue weighted by molar-refractivity contribution is 0.134.